The number of hydrogen-bond donors (Lipinski definition) is 2. The maximum atomic E-state index is 12.3. The zero-order valence-corrected chi connectivity index (χ0v) is 18.2. The summed E-state index contributed by atoms with van der Waals surface area (Å²) in [5.74, 6) is 0. The Morgan fingerprint density at radius 2 is 1.87 bits per heavy atom. The van der Waals surface area contributed by atoms with E-state index in [1.165, 1.54) is 4.90 Å². The molecule has 0 aliphatic carbocycles. The van der Waals surface area contributed by atoms with Crippen LogP contribution in [0.2, 0.25) is 0 Å². The molecule has 1 saturated heterocycles. The smallest absolute Gasteiger partial charge is 0.414 e. The summed E-state index contributed by atoms with van der Waals surface area (Å²) in [5.41, 5.74) is 0.783. The molecule has 0 saturated carbocycles. The molecule has 1 aliphatic rings. The number of nitrogens with zero attached hydrogens (tertiary/aromatic N) is 2. The highest BCUT2D eigenvalue weighted by Crippen LogP contribution is 2.16. The van der Waals surface area contributed by atoms with Gasteiger partial charge in [-0.15, -0.1) is 0 Å². The highest BCUT2D eigenvalue weighted by Gasteiger charge is 2.26. The van der Waals surface area contributed by atoms with Gasteiger partial charge in [-0.05, 0) is 39.2 Å². The van der Waals surface area contributed by atoms with Crippen molar-refractivity contribution in [2.75, 3.05) is 20.1 Å². The first kappa shape index (κ1) is 23.3. The SMILES string of the molecule is CN(C(=O)OCc1ccccc1)/C(C=N)=C/NC1CCN(C(=O)OC(C)(C)C)CC1. The summed E-state index contributed by atoms with van der Waals surface area (Å²) in [4.78, 5) is 27.4. The predicted octanol–water partition coefficient (Wildman–Crippen LogP) is 3.74. The molecule has 0 spiro atoms. The van der Waals surface area contributed by atoms with Crippen LogP contribution in [0.15, 0.2) is 42.2 Å². The van der Waals surface area contributed by atoms with Gasteiger partial charge in [-0.2, -0.15) is 0 Å². The largest absolute Gasteiger partial charge is 0.444 e. The summed E-state index contributed by atoms with van der Waals surface area (Å²) in [7, 11) is 1.57. The molecular formula is C22H32N4O4. The Morgan fingerprint density at radius 3 is 2.43 bits per heavy atom. The van der Waals surface area contributed by atoms with E-state index in [4.69, 9.17) is 14.9 Å². The second kappa shape index (κ2) is 10.7. The molecule has 30 heavy (non-hydrogen) atoms. The summed E-state index contributed by atoms with van der Waals surface area (Å²) in [6.45, 7) is 6.91. The van der Waals surface area contributed by atoms with E-state index in [-0.39, 0.29) is 18.7 Å². The van der Waals surface area contributed by atoms with Gasteiger partial charge >= 0.3 is 12.2 Å². The topological polar surface area (TPSA) is 95.0 Å². The zero-order valence-electron chi connectivity index (χ0n) is 18.2. The molecule has 1 aromatic rings. The van der Waals surface area contributed by atoms with Gasteiger partial charge in [0.1, 0.15) is 12.2 Å². The molecule has 1 aromatic carbocycles. The van der Waals surface area contributed by atoms with E-state index in [2.05, 4.69) is 5.32 Å². The van der Waals surface area contributed by atoms with E-state index in [1.54, 1.807) is 18.1 Å². The van der Waals surface area contributed by atoms with Crippen LogP contribution in [0.4, 0.5) is 9.59 Å². The molecule has 1 aliphatic heterocycles. The van der Waals surface area contributed by atoms with E-state index >= 15 is 0 Å². The van der Waals surface area contributed by atoms with E-state index in [0.29, 0.717) is 18.8 Å². The molecule has 164 valence electrons. The Morgan fingerprint density at radius 1 is 1.23 bits per heavy atom. The first-order chi connectivity index (χ1) is 14.2. The maximum absolute atomic E-state index is 12.3. The first-order valence-electron chi connectivity index (χ1n) is 10.1. The number of amides is 2. The third-order valence-electron chi connectivity index (χ3n) is 4.63. The van der Waals surface area contributed by atoms with Crippen LogP contribution in [0.1, 0.15) is 39.2 Å². The fourth-order valence-corrected chi connectivity index (χ4v) is 2.92. The lowest BCUT2D eigenvalue weighted by atomic mass is 10.1. The number of nitrogens with one attached hydrogen (secondary N) is 2. The quantitative estimate of drug-likeness (QED) is 0.689. The molecular weight excluding hydrogens is 384 g/mol. The van der Waals surface area contributed by atoms with Crippen LogP contribution in [0.3, 0.4) is 0 Å². The lowest BCUT2D eigenvalue weighted by molar-refractivity contribution is 0.0201. The van der Waals surface area contributed by atoms with Crippen molar-refractivity contribution in [2.45, 2.75) is 51.9 Å². The molecule has 2 N–H and O–H groups in total. The first-order valence-corrected chi connectivity index (χ1v) is 10.1. The number of carbonyl (C=O) groups is 2. The molecule has 8 heteroatoms. The molecule has 0 radical (unpaired) electrons. The van der Waals surface area contributed by atoms with Gasteiger partial charge in [0.2, 0.25) is 0 Å². The normalized spacial score (nSPS) is 15.3. The number of likely N-dealkylation sites (tertiary alicyclic amines) is 1. The molecule has 0 atom stereocenters. The minimum absolute atomic E-state index is 0.146. The monoisotopic (exact) mass is 416 g/mol. The zero-order chi connectivity index (χ0) is 22.1. The van der Waals surface area contributed by atoms with Crippen molar-refractivity contribution in [2.24, 2.45) is 0 Å². The third kappa shape index (κ3) is 7.42. The fraction of sp³-hybridized carbons (Fsp3) is 0.500. The van der Waals surface area contributed by atoms with Crippen molar-refractivity contribution in [1.29, 1.82) is 5.41 Å². The van der Waals surface area contributed by atoms with Crippen LogP contribution in [-0.2, 0) is 16.1 Å². The van der Waals surface area contributed by atoms with E-state index in [1.807, 2.05) is 51.1 Å². The summed E-state index contributed by atoms with van der Waals surface area (Å²) >= 11 is 0. The number of ether oxygens (including phenoxy) is 2. The highest BCUT2D eigenvalue weighted by molar-refractivity contribution is 5.83. The van der Waals surface area contributed by atoms with Crippen molar-refractivity contribution >= 4 is 18.4 Å². The summed E-state index contributed by atoms with van der Waals surface area (Å²) in [6.07, 6.45) is 3.43. The second-order valence-corrected chi connectivity index (χ2v) is 8.22. The molecule has 0 aromatic heterocycles. The van der Waals surface area contributed by atoms with Crippen molar-refractivity contribution in [3.8, 4) is 0 Å². The molecule has 1 fully saturated rings. The minimum Gasteiger partial charge on any atom is -0.444 e. The van der Waals surface area contributed by atoms with Crippen molar-refractivity contribution in [3.05, 3.63) is 47.8 Å². The Hall–Kier alpha value is -3.03. The van der Waals surface area contributed by atoms with Crippen LogP contribution in [0.5, 0.6) is 0 Å². The van der Waals surface area contributed by atoms with Crippen molar-refractivity contribution in [1.82, 2.24) is 15.1 Å². The minimum atomic E-state index is -0.532. The van der Waals surface area contributed by atoms with Crippen molar-refractivity contribution < 1.29 is 19.1 Å². The average Bonchev–Trinajstić information content (AvgIpc) is 2.72. The Kier molecular flexibility index (Phi) is 8.26. The van der Waals surface area contributed by atoms with Crippen LogP contribution < -0.4 is 5.32 Å². The molecule has 2 rings (SSSR count). The second-order valence-electron chi connectivity index (χ2n) is 8.22. The van der Waals surface area contributed by atoms with E-state index in [9.17, 15) is 9.59 Å². The van der Waals surface area contributed by atoms with Gasteiger partial charge in [0, 0.05) is 38.6 Å². The van der Waals surface area contributed by atoms with Gasteiger partial charge in [0.25, 0.3) is 0 Å². The van der Waals surface area contributed by atoms with Gasteiger partial charge in [-0.25, -0.2) is 9.59 Å². The number of rotatable bonds is 6. The summed E-state index contributed by atoms with van der Waals surface area (Å²) in [5, 5.41) is 10.9. The summed E-state index contributed by atoms with van der Waals surface area (Å²) < 4.78 is 10.7. The van der Waals surface area contributed by atoms with Crippen LogP contribution in [0, 0.1) is 5.41 Å². The average molecular weight is 417 g/mol. The van der Waals surface area contributed by atoms with E-state index < -0.39 is 11.7 Å². The number of allylic oxidation sites excluding steroid dienone is 1. The molecule has 0 unspecified atom stereocenters. The molecule has 2 amide bonds. The predicted molar refractivity (Wildman–Crippen MR) is 115 cm³/mol. The van der Waals surface area contributed by atoms with Gasteiger partial charge in [0.05, 0.1) is 5.70 Å². The van der Waals surface area contributed by atoms with Crippen LogP contribution in [-0.4, -0.2) is 60.0 Å². The number of hydrogen-bond acceptors (Lipinski definition) is 6. The number of benzene rings is 1. The standard InChI is InChI=1S/C22H32N4O4/c1-22(2,3)30-21(28)26-12-10-18(11-13-26)24-15-19(14-23)25(4)20(27)29-16-17-8-6-5-7-9-17/h5-9,14-15,18,23-24H,10-13,16H2,1-4H3/b19-15+,23-14?. The molecule has 1 heterocycles. The van der Waals surface area contributed by atoms with Gasteiger partial charge in [-0.3, -0.25) is 4.90 Å². The number of carbonyl (C=O) groups excluding carboxylic acids is 2. The van der Waals surface area contributed by atoms with Crippen molar-refractivity contribution in [3.63, 3.8) is 0 Å². The Balaban J connectivity index is 1.81. The number of piperidine rings is 1. The molecule has 8 nitrogen and oxygen atoms in total. The Labute approximate surface area is 178 Å². The summed E-state index contributed by atoms with van der Waals surface area (Å²) in [6, 6.07) is 9.57. The highest BCUT2D eigenvalue weighted by atomic mass is 16.6. The maximum Gasteiger partial charge on any atom is 0.414 e. The Bertz CT molecular complexity index is 750. The van der Waals surface area contributed by atoms with E-state index in [0.717, 1.165) is 24.6 Å². The van der Waals surface area contributed by atoms with Gasteiger partial charge in [-0.1, -0.05) is 30.3 Å². The lowest BCUT2D eigenvalue weighted by Crippen LogP contribution is -2.45. The van der Waals surface area contributed by atoms with Crippen LogP contribution >= 0.6 is 0 Å². The fourth-order valence-electron chi connectivity index (χ4n) is 2.92. The van der Waals surface area contributed by atoms with Gasteiger partial charge in [0.15, 0.2) is 0 Å². The third-order valence-corrected chi connectivity index (χ3v) is 4.63. The van der Waals surface area contributed by atoms with Crippen LogP contribution in [0.25, 0.3) is 0 Å². The lowest BCUT2D eigenvalue weighted by Gasteiger charge is -2.33. The molecule has 0 bridgehead atoms. The van der Waals surface area contributed by atoms with Gasteiger partial charge < -0.3 is 25.1 Å².